The zero-order valence-corrected chi connectivity index (χ0v) is 19.3. The van der Waals surface area contributed by atoms with Crippen molar-refractivity contribution < 1.29 is 14.0 Å². The van der Waals surface area contributed by atoms with Crippen molar-refractivity contribution in [3.05, 3.63) is 112 Å². The average molecular weight is 475 g/mol. The highest BCUT2D eigenvalue weighted by atomic mass is 32.1. The number of nitrogens with one attached hydrogen (secondary N) is 1. The standard InChI is InChI=1S/C26H23FN4O2S/c1-2-18-5-7-19(8-6-18)24(25(32)30-21-11-9-20(27)10-12-21)31(17-22-4-3-15-34-22)26(33)23-16-28-13-14-29-23/h3-16,24H,2,17H2,1H3,(H,30,32)/t24-/m1/s1. The molecular formula is C26H23FN4O2S. The summed E-state index contributed by atoms with van der Waals surface area (Å²) in [6.45, 7) is 2.26. The third-order valence-electron chi connectivity index (χ3n) is 5.32. The van der Waals surface area contributed by atoms with Gasteiger partial charge in [-0.2, -0.15) is 0 Å². The van der Waals surface area contributed by atoms with E-state index in [4.69, 9.17) is 0 Å². The first-order chi connectivity index (χ1) is 16.5. The molecule has 0 saturated heterocycles. The van der Waals surface area contributed by atoms with E-state index in [0.717, 1.165) is 16.9 Å². The first-order valence-electron chi connectivity index (χ1n) is 10.8. The van der Waals surface area contributed by atoms with Gasteiger partial charge in [0.1, 0.15) is 17.6 Å². The monoisotopic (exact) mass is 474 g/mol. The minimum absolute atomic E-state index is 0.142. The molecule has 0 saturated carbocycles. The van der Waals surface area contributed by atoms with E-state index in [9.17, 15) is 14.0 Å². The molecule has 2 aromatic heterocycles. The average Bonchev–Trinajstić information content (AvgIpc) is 3.39. The van der Waals surface area contributed by atoms with Gasteiger partial charge in [0.25, 0.3) is 11.8 Å². The highest BCUT2D eigenvalue weighted by Crippen LogP contribution is 2.28. The summed E-state index contributed by atoms with van der Waals surface area (Å²) in [5.74, 6) is -1.23. The van der Waals surface area contributed by atoms with Gasteiger partial charge in [-0.3, -0.25) is 14.6 Å². The molecule has 1 N–H and O–H groups in total. The predicted octanol–water partition coefficient (Wildman–Crippen LogP) is 5.26. The third kappa shape index (κ3) is 5.52. The molecule has 0 radical (unpaired) electrons. The number of halogens is 1. The van der Waals surface area contributed by atoms with E-state index in [1.165, 1.54) is 59.1 Å². The third-order valence-corrected chi connectivity index (χ3v) is 6.19. The summed E-state index contributed by atoms with van der Waals surface area (Å²) in [6.07, 6.45) is 5.17. The van der Waals surface area contributed by atoms with Crippen LogP contribution in [0.5, 0.6) is 0 Å². The SMILES string of the molecule is CCc1ccc([C@H](C(=O)Nc2ccc(F)cc2)N(Cc2cccs2)C(=O)c2cnccn2)cc1. The van der Waals surface area contributed by atoms with E-state index >= 15 is 0 Å². The Morgan fingerprint density at radius 2 is 1.82 bits per heavy atom. The van der Waals surface area contributed by atoms with Crippen LogP contribution in [0.4, 0.5) is 10.1 Å². The number of hydrogen-bond donors (Lipinski definition) is 1. The fourth-order valence-corrected chi connectivity index (χ4v) is 4.26. The second-order valence-corrected chi connectivity index (χ2v) is 8.63. The lowest BCUT2D eigenvalue weighted by Gasteiger charge is -2.31. The molecule has 6 nitrogen and oxygen atoms in total. The topological polar surface area (TPSA) is 75.2 Å². The maximum absolute atomic E-state index is 13.6. The van der Waals surface area contributed by atoms with Crippen LogP contribution in [0.1, 0.15) is 39.5 Å². The Bertz CT molecular complexity index is 1230. The molecule has 172 valence electrons. The molecular weight excluding hydrogens is 451 g/mol. The minimum Gasteiger partial charge on any atom is -0.324 e. The Kier molecular flexibility index (Phi) is 7.39. The van der Waals surface area contributed by atoms with Gasteiger partial charge in [-0.25, -0.2) is 9.37 Å². The number of nitrogens with zero attached hydrogens (tertiary/aromatic N) is 3. The van der Waals surface area contributed by atoms with E-state index in [0.29, 0.717) is 11.3 Å². The Balaban J connectivity index is 1.76. The zero-order chi connectivity index (χ0) is 23.9. The number of aryl methyl sites for hydroxylation is 1. The van der Waals surface area contributed by atoms with Crippen LogP contribution in [0.15, 0.2) is 84.6 Å². The number of hydrogen-bond acceptors (Lipinski definition) is 5. The van der Waals surface area contributed by atoms with Crippen molar-refractivity contribution >= 4 is 28.8 Å². The lowest BCUT2D eigenvalue weighted by atomic mass is 10.0. The number of carbonyl (C=O) groups is 2. The van der Waals surface area contributed by atoms with Gasteiger partial charge in [0.2, 0.25) is 0 Å². The maximum Gasteiger partial charge on any atom is 0.275 e. The van der Waals surface area contributed by atoms with Crippen LogP contribution in [0.25, 0.3) is 0 Å². The molecule has 8 heteroatoms. The van der Waals surface area contributed by atoms with Gasteiger partial charge in [-0.15, -0.1) is 11.3 Å². The normalized spacial score (nSPS) is 11.6. The van der Waals surface area contributed by atoms with E-state index in [1.54, 1.807) is 0 Å². The number of amides is 2. The first kappa shape index (κ1) is 23.3. The van der Waals surface area contributed by atoms with Crippen LogP contribution >= 0.6 is 11.3 Å². The van der Waals surface area contributed by atoms with Crippen molar-refractivity contribution in [2.24, 2.45) is 0 Å². The number of anilines is 1. The summed E-state index contributed by atoms with van der Waals surface area (Å²) in [5, 5.41) is 4.75. The van der Waals surface area contributed by atoms with E-state index < -0.39 is 23.7 Å². The molecule has 1 atom stereocenters. The van der Waals surface area contributed by atoms with Crippen LogP contribution in [0.2, 0.25) is 0 Å². The number of benzene rings is 2. The van der Waals surface area contributed by atoms with Gasteiger partial charge in [0, 0.05) is 23.0 Å². The van der Waals surface area contributed by atoms with Crippen molar-refractivity contribution in [3.8, 4) is 0 Å². The van der Waals surface area contributed by atoms with Crippen molar-refractivity contribution in [3.63, 3.8) is 0 Å². The van der Waals surface area contributed by atoms with Gasteiger partial charge in [0.05, 0.1) is 12.7 Å². The zero-order valence-electron chi connectivity index (χ0n) is 18.5. The predicted molar refractivity (Wildman–Crippen MR) is 130 cm³/mol. The lowest BCUT2D eigenvalue weighted by Crippen LogP contribution is -2.41. The Morgan fingerprint density at radius 1 is 1.06 bits per heavy atom. The Hall–Kier alpha value is -3.91. The van der Waals surface area contributed by atoms with Crippen LogP contribution in [-0.2, 0) is 17.8 Å². The molecule has 4 rings (SSSR count). The van der Waals surface area contributed by atoms with Gasteiger partial charge in [-0.05, 0) is 53.3 Å². The summed E-state index contributed by atoms with van der Waals surface area (Å²) in [4.78, 5) is 37.8. The fraction of sp³-hybridized carbons (Fsp3) is 0.154. The fourth-order valence-electron chi connectivity index (χ4n) is 3.56. The molecule has 0 unspecified atom stereocenters. The molecule has 0 aliphatic carbocycles. The molecule has 0 spiro atoms. The lowest BCUT2D eigenvalue weighted by molar-refractivity contribution is -0.121. The van der Waals surface area contributed by atoms with E-state index in [1.807, 2.05) is 41.8 Å². The number of carbonyl (C=O) groups excluding carboxylic acids is 2. The van der Waals surface area contributed by atoms with Crippen molar-refractivity contribution in [2.75, 3.05) is 5.32 Å². The van der Waals surface area contributed by atoms with Gasteiger partial charge >= 0.3 is 0 Å². The van der Waals surface area contributed by atoms with Crippen molar-refractivity contribution in [2.45, 2.75) is 25.9 Å². The van der Waals surface area contributed by atoms with Crippen molar-refractivity contribution in [1.29, 1.82) is 0 Å². The molecule has 0 aliphatic rings. The number of aromatic nitrogens is 2. The molecule has 34 heavy (non-hydrogen) atoms. The smallest absolute Gasteiger partial charge is 0.275 e. The largest absolute Gasteiger partial charge is 0.324 e. The summed E-state index contributed by atoms with van der Waals surface area (Å²) >= 11 is 1.50. The number of thiophene rings is 1. The molecule has 2 amide bonds. The van der Waals surface area contributed by atoms with Crippen LogP contribution in [-0.4, -0.2) is 26.7 Å². The summed E-state index contributed by atoms with van der Waals surface area (Å²) in [7, 11) is 0. The van der Waals surface area contributed by atoms with Crippen LogP contribution < -0.4 is 5.32 Å². The number of rotatable bonds is 8. The van der Waals surface area contributed by atoms with Gasteiger partial charge in [0.15, 0.2) is 0 Å². The van der Waals surface area contributed by atoms with Crippen molar-refractivity contribution in [1.82, 2.24) is 14.9 Å². The summed E-state index contributed by atoms with van der Waals surface area (Å²) in [5.41, 5.74) is 2.35. The van der Waals surface area contributed by atoms with E-state index in [-0.39, 0.29) is 12.2 Å². The second kappa shape index (κ2) is 10.8. The molecule has 0 bridgehead atoms. The molecule has 0 aliphatic heterocycles. The van der Waals surface area contributed by atoms with E-state index in [2.05, 4.69) is 22.2 Å². The first-order valence-corrected chi connectivity index (χ1v) is 11.7. The van der Waals surface area contributed by atoms with Crippen LogP contribution in [0, 0.1) is 5.82 Å². The minimum atomic E-state index is -0.951. The molecule has 2 aromatic carbocycles. The summed E-state index contributed by atoms with van der Waals surface area (Å²) in [6, 6.07) is 16.0. The quantitative estimate of drug-likeness (QED) is 0.378. The molecule has 2 heterocycles. The highest BCUT2D eigenvalue weighted by Gasteiger charge is 2.33. The van der Waals surface area contributed by atoms with Gasteiger partial charge < -0.3 is 10.2 Å². The summed E-state index contributed by atoms with van der Waals surface area (Å²) < 4.78 is 13.4. The highest BCUT2D eigenvalue weighted by molar-refractivity contribution is 7.09. The Labute approximate surface area is 201 Å². The van der Waals surface area contributed by atoms with Crippen LogP contribution in [0.3, 0.4) is 0 Å². The second-order valence-electron chi connectivity index (χ2n) is 7.60. The Morgan fingerprint density at radius 3 is 2.44 bits per heavy atom. The molecule has 0 fully saturated rings. The van der Waals surface area contributed by atoms with Gasteiger partial charge in [-0.1, -0.05) is 37.3 Å². The molecule has 4 aromatic rings. The maximum atomic E-state index is 13.6.